The van der Waals surface area contributed by atoms with E-state index in [-0.39, 0.29) is 0 Å². The lowest BCUT2D eigenvalue weighted by Gasteiger charge is -2.02. The number of halogens is 1. The van der Waals surface area contributed by atoms with Crippen LogP contribution in [0.15, 0.2) is 27.2 Å². The molecule has 0 aliphatic carbocycles. The topological polar surface area (TPSA) is 68.2 Å². The first-order valence-corrected chi connectivity index (χ1v) is 5.43. The van der Waals surface area contributed by atoms with Crippen LogP contribution < -0.4 is 10.6 Å². The van der Waals surface area contributed by atoms with Crippen molar-refractivity contribution in [3.63, 3.8) is 0 Å². The first-order chi connectivity index (χ1) is 7.56. The van der Waals surface area contributed by atoms with Crippen LogP contribution in [0, 0.1) is 0 Å². The van der Waals surface area contributed by atoms with E-state index < -0.39 is 0 Å². The first kappa shape index (κ1) is 10.9. The lowest BCUT2D eigenvalue weighted by Crippen LogP contribution is -2.10. The molecule has 5 nitrogen and oxygen atoms in total. The molecule has 0 atom stereocenters. The zero-order valence-corrected chi connectivity index (χ0v) is 10.5. The number of nitrogens with zero attached hydrogens (tertiary/aromatic N) is 3. The highest BCUT2D eigenvalue weighted by Gasteiger charge is 2.10. The number of nitrogen functional groups attached to an aromatic ring is 1. The van der Waals surface area contributed by atoms with Gasteiger partial charge in [-0.15, -0.1) is 0 Å². The SMILES string of the molecule is CN(C)c1noc(-c2cc(N)cc(Br)c2)n1. The third-order valence-electron chi connectivity index (χ3n) is 1.98. The summed E-state index contributed by atoms with van der Waals surface area (Å²) in [5.41, 5.74) is 7.18. The minimum atomic E-state index is 0.455. The molecule has 2 rings (SSSR count). The summed E-state index contributed by atoms with van der Waals surface area (Å²) < 4.78 is 6.02. The van der Waals surface area contributed by atoms with Gasteiger partial charge in [-0.2, -0.15) is 4.98 Å². The van der Waals surface area contributed by atoms with Gasteiger partial charge in [0.15, 0.2) is 0 Å². The van der Waals surface area contributed by atoms with Gasteiger partial charge in [-0.1, -0.05) is 15.9 Å². The standard InChI is InChI=1S/C10H11BrN4O/c1-15(2)10-13-9(16-14-10)6-3-7(11)5-8(12)4-6/h3-5H,12H2,1-2H3. The van der Waals surface area contributed by atoms with E-state index in [0.717, 1.165) is 10.0 Å². The second-order valence-corrected chi connectivity index (χ2v) is 4.48. The average Bonchev–Trinajstić information content (AvgIpc) is 2.64. The fourth-order valence-electron chi connectivity index (χ4n) is 1.25. The van der Waals surface area contributed by atoms with Crippen molar-refractivity contribution in [2.24, 2.45) is 0 Å². The van der Waals surface area contributed by atoms with Gasteiger partial charge in [0.05, 0.1) is 0 Å². The molecule has 16 heavy (non-hydrogen) atoms. The highest BCUT2D eigenvalue weighted by Crippen LogP contribution is 2.25. The summed E-state index contributed by atoms with van der Waals surface area (Å²) in [7, 11) is 3.70. The van der Waals surface area contributed by atoms with Gasteiger partial charge in [-0.3, -0.25) is 0 Å². The van der Waals surface area contributed by atoms with Gasteiger partial charge in [-0.25, -0.2) is 0 Å². The minimum absolute atomic E-state index is 0.455. The quantitative estimate of drug-likeness (QED) is 0.855. The predicted octanol–water partition coefficient (Wildman–Crippen LogP) is 2.15. The summed E-state index contributed by atoms with van der Waals surface area (Å²) in [5, 5.41) is 3.84. The molecule has 0 saturated carbocycles. The van der Waals surface area contributed by atoms with E-state index in [9.17, 15) is 0 Å². The molecule has 0 aliphatic rings. The number of benzene rings is 1. The molecule has 2 N–H and O–H groups in total. The molecule has 6 heteroatoms. The molecule has 1 aromatic heterocycles. The normalized spacial score (nSPS) is 10.4. The summed E-state index contributed by atoms with van der Waals surface area (Å²) in [4.78, 5) is 6.01. The maximum absolute atomic E-state index is 5.73. The monoisotopic (exact) mass is 282 g/mol. The van der Waals surface area contributed by atoms with Crippen molar-refractivity contribution in [1.29, 1.82) is 0 Å². The Bertz CT molecular complexity index is 489. The van der Waals surface area contributed by atoms with Crippen LogP contribution in [-0.2, 0) is 0 Å². The van der Waals surface area contributed by atoms with Crippen molar-refractivity contribution >= 4 is 27.6 Å². The van der Waals surface area contributed by atoms with Crippen molar-refractivity contribution in [2.45, 2.75) is 0 Å². The van der Waals surface area contributed by atoms with E-state index in [1.54, 1.807) is 11.0 Å². The predicted molar refractivity (Wildman–Crippen MR) is 66.2 cm³/mol. The Balaban J connectivity index is 2.42. The molecule has 84 valence electrons. The molecule has 0 aliphatic heterocycles. The maximum atomic E-state index is 5.73. The Morgan fingerprint density at radius 2 is 2.06 bits per heavy atom. The van der Waals surface area contributed by atoms with E-state index in [1.807, 2.05) is 26.2 Å². The third-order valence-corrected chi connectivity index (χ3v) is 2.44. The molecular formula is C10H11BrN4O. The van der Waals surface area contributed by atoms with E-state index in [2.05, 4.69) is 26.1 Å². The van der Waals surface area contributed by atoms with E-state index >= 15 is 0 Å². The van der Waals surface area contributed by atoms with Gasteiger partial charge < -0.3 is 15.2 Å². The van der Waals surface area contributed by atoms with Gasteiger partial charge in [0, 0.05) is 29.8 Å². The second-order valence-electron chi connectivity index (χ2n) is 3.57. The summed E-state index contributed by atoms with van der Waals surface area (Å²) in [6.07, 6.45) is 0. The van der Waals surface area contributed by atoms with Gasteiger partial charge in [0.2, 0.25) is 0 Å². The van der Waals surface area contributed by atoms with Gasteiger partial charge >= 0.3 is 0 Å². The number of hydrogen-bond acceptors (Lipinski definition) is 5. The van der Waals surface area contributed by atoms with Crippen LogP contribution in [0.3, 0.4) is 0 Å². The van der Waals surface area contributed by atoms with Gasteiger partial charge in [0.1, 0.15) is 0 Å². The Morgan fingerprint density at radius 3 is 2.62 bits per heavy atom. The molecule has 0 bridgehead atoms. The van der Waals surface area contributed by atoms with Crippen LogP contribution in [0.4, 0.5) is 11.6 Å². The minimum Gasteiger partial charge on any atom is -0.399 e. The van der Waals surface area contributed by atoms with E-state index in [0.29, 0.717) is 17.5 Å². The van der Waals surface area contributed by atoms with Crippen molar-refractivity contribution in [1.82, 2.24) is 10.1 Å². The van der Waals surface area contributed by atoms with Crippen molar-refractivity contribution in [3.05, 3.63) is 22.7 Å². The fraction of sp³-hybridized carbons (Fsp3) is 0.200. The fourth-order valence-corrected chi connectivity index (χ4v) is 1.76. The van der Waals surface area contributed by atoms with Crippen LogP contribution in [0.2, 0.25) is 0 Å². The Morgan fingerprint density at radius 1 is 1.31 bits per heavy atom. The molecule has 0 unspecified atom stereocenters. The largest absolute Gasteiger partial charge is 0.399 e. The molecule has 0 radical (unpaired) electrons. The number of anilines is 2. The average molecular weight is 283 g/mol. The lowest BCUT2D eigenvalue weighted by molar-refractivity contribution is 0.431. The Labute approximate surface area is 101 Å². The van der Waals surface area contributed by atoms with Gasteiger partial charge in [0.25, 0.3) is 11.8 Å². The highest BCUT2D eigenvalue weighted by atomic mass is 79.9. The Kier molecular flexibility index (Phi) is 2.82. The highest BCUT2D eigenvalue weighted by molar-refractivity contribution is 9.10. The smallest absolute Gasteiger partial charge is 0.265 e. The van der Waals surface area contributed by atoms with Crippen LogP contribution in [0.5, 0.6) is 0 Å². The number of rotatable bonds is 2. The summed E-state index contributed by atoms with van der Waals surface area (Å²) >= 11 is 3.37. The molecule has 1 heterocycles. The summed E-state index contributed by atoms with van der Waals surface area (Å²) in [5.74, 6) is 0.991. The third kappa shape index (κ3) is 2.16. The molecule has 0 fully saturated rings. The van der Waals surface area contributed by atoms with Crippen LogP contribution in [0.25, 0.3) is 11.5 Å². The van der Waals surface area contributed by atoms with E-state index in [4.69, 9.17) is 10.3 Å². The molecule has 2 aromatic rings. The molecule has 0 saturated heterocycles. The number of aromatic nitrogens is 2. The Hall–Kier alpha value is -1.56. The second kappa shape index (κ2) is 4.13. The van der Waals surface area contributed by atoms with Crippen LogP contribution in [0.1, 0.15) is 0 Å². The number of nitrogens with two attached hydrogens (primary N) is 1. The summed E-state index contributed by atoms with van der Waals surface area (Å²) in [6, 6.07) is 5.48. The first-order valence-electron chi connectivity index (χ1n) is 4.64. The number of hydrogen-bond donors (Lipinski definition) is 1. The zero-order valence-electron chi connectivity index (χ0n) is 8.94. The molecule has 0 spiro atoms. The van der Waals surface area contributed by atoms with Crippen molar-refractivity contribution in [3.8, 4) is 11.5 Å². The lowest BCUT2D eigenvalue weighted by atomic mass is 10.2. The molecule has 0 amide bonds. The van der Waals surface area contributed by atoms with Gasteiger partial charge in [-0.05, 0) is 23.4 Å². The van der Waals surface area contributed by atoms with Crippen LogP contribution in [-0.4, -0.2) is 24.2 Å². The molecule has 1 aromatic carbocycles. The van der Waals surface area contributed by atoms with Crippen LogP contribution >= 0.6 is 15.9 Å². The van der Waals surface area contributed by atoms with Crippen molar-refractivity contribution < 1.29 is 4.52 Å². The van der Waals surface area contributed by atoms with Crippen molar-refractivity contribution in [2.75, 3.05) is 24.7 Å². The molecular weight excluding hydrogens is 272 g/mol. The summed E-state index contributed by atoms with van der Waals surface area (Å²) in [6.45, 7) is 0. The van der Waals surface area contributed by atoms with E-state index in [1.165, 1.54) is 0 Å². The zero-order chi connectivity index (χ0) is 11.7. The maximum Gasteiger partial charge on any atom is 0.265 e.